The van der Waals surface area contributed by atoms with Gasteiger partial charge in [-0.05, 0) is 73.3 Å². The van der Waals surface area contributed by atoms with E-state index < -0.39 is 17.2 Å². The highest BCUT2D eigenvalue weighted by Crippen LogP contribution is 2.37. The Hall–Kier alpha value is -2.60. The highest BCUT2D eigenvalue weighted by molar-refractivity contribution is 8.00. The van der Waals surface area contributed by atoms with Gasteiger partial charge in [0.1, 0.15) is 0 Å². The van der Waals surface area contributed by atoms with E-state index in [4.69, 9.17) is 0 Å². The van der Waals surface area contributed by atoms with Crippen LogP contribution in [0.25, 0.3) is 0 Å². The summed E-state index contributed by atoms with van der Waals surface area (Å²) in [6, 6.07) is 11.5. The number of thioether (sulfide) groups is 1. The number of nitrogens with zero attached hydrogens (tertiary/aromatic N) is 4. The molecular weight excluding hydrogens is 530 g/mol. The average molecular weight is 561 g/mol. The van der Waals surface area contributed by atoms with Crippen LogP contribution in [0.5, 0.6) is 0 Å². The Bertz CT molecular complexity index is 1050. The second-order valence-electron chi connectivity index (χ2n) is 9.39. The van der Waals surface area contributed by atoms with Gasteiger partial charge in [-0.15, -0.1) is 0 Å². The fraction of sp³-hybridized carbons (Fsp3) is 0.500. The number of benzene rings is 2. The Morgan fingerprint density at radius 3 is 1.71 bits per heavy atom. The second kappa shape index (κ2) is 12.1. The Morgan fingerprint density at radius 1 is 0.711 bits per heavy atom. The Labute approximate surface area is 222 Å². The predicted octanol–water partition coefficient (Wildman–Crippen LogP) is 5.57. The fourth-order valence-corrected chi connectivity index (χ4v) is 5.32. The maximum absolute atomic E-state index is 12.8. The molecular formula is C26H30F6N4OS. The van der Waals surface area contributed by atoms with Crippen LogP contribution < -0.4 is 9.80 Å². The SMILES string of the molecule is O=C(CCCN1CCN(c2ccc(C(F)(F)F)cc2)CC1)N1CCN(c2ccc(SC(F)(F)F)cc2)CC1. The van der Waals surface area contributed by atoms with Crippen molar-refractivity contribution in [3.05, 3.63) is 54.1 Å². The number of carbonyl (C=O) groups excluding carboxylic acids is 1. The molecule has 1 amide bonds. The summed E-state index contributed by atoms with van der Waals surface area (Å²) in [5.74, 6) is 0.102. The lowest BCUT2D eigenvalue weighted by Gasteiger charge is -2.37. The van der Waals surface area contributed by atoms with E-state index in [0.717, 1.165) is 62.7 Å². The molecule has 208 valence electrons. The van der Waals surface area contributed by atoms with Gasteiger partial charge in [-0.3, -0.25) is 9.69 Å². The summed E-state index contributed by atoms with van der Waals surface area (Å²) < 4.78 is 75.8. The van der Waals surface area contributed by atoms with Crippen molar-refractivity contribution in [1.29, 1.82) is 0 Å². The summed E-state index contributed by atoms with van der Waals surface area (Å²) in [6.45, 7) is 6.20. The summed E-state index contributed by atoms with van der Waals surface area (Å²) in [5.41, 5.74) is -3.33. The van der Waals surface area contributed by atoms with Crippen LogP contribution >= 0.6 is 11.8 Å². The van der Waals surface area contributed by atoms with E-state index >= 15 is 0 Å². The Balaban J connectivity index is 1.13. The molecule has 0 aromatic heterocycles. The van der Waals surface area contributed by atoms with Crippen LogP contribution in [0.3, 0.4) is 0 Å². The molecule has 4 rings (SSSR count). The topological polar surface area (TPSA) is 30.0 Å². The van der Waals surface area contributed by atoms with E-state index in [9.17, 15) is 31.1 Å². The third-order valence-corrected chi connectivity index (χ3v) is 7.60. The predicted molar refractivity (Wildman–Crippen MR) is 136 cm³/mol. The molecule has 0 saturated carbocycles. The van der Waals surface area contributed by atoms with Crippen molar-refractivity contribution in [2.75, 3.05) is 68.7 Å². The lowest BCUT2D eigenvalue weighted by molar-refractivity contribution is -0.137. The second-order valence-corrected chi connectivity index (χ2v) is 10.5. The molecule has 5 nitrogen and oxygen atoms in total. The van der Waals surface area contributed by atoms with Gasteiger partial charge >= 0.3 is 11.7 Å². The van der Waals surface area contributed by atoms with Gasteiger partial charge < -0.3 is 14.7 Å². The summed E-state index contributed by atoms with van der Waals surface area (Å²) in [4.78, 5) is 21.1. The lowest BCUT2D eigenvalue weighted by Crippen LogP contribution is -2.49. The van der Waals surface area contributed by atoms with Crippen LogP contribution in [0.15, 0.2) is 53.4 Å². The Morgan fingerprint density at radius 2 is 1.21 bits per heavy atom. The number of anilines is 2. The largest absolute Gasteiger partial charge is 0.446 e. The van der Waals surface area contributed by atoms with Crippen molar-refractivity contribution in [3.8, 4) is 0 Å². The van der Waals surface area contributed by atoms with Gasteiger partial charge in [0.25, 0.3) is 0 Å². The first kappa shape index (κ1) is 28.4. The molecule has 0 radical (unpaired) electrons. The maximum Gasteiger partial charge on any atom is 0.446 e. The van der Waals surface area contributed by atoms with Crippen molar-refractivity contribution in [2.45, 2.75) is 29.4 Å². The molecule has 2 fully saturated rings. The molecule has 12 heteroatoms. The molecule has 0 spiro atoms. The van der Waals surface area contributed by atoms with Crippen LogP contribution in [0.2, 0.25) is 0 Å². The number of hydrogen-bond donors (Lipinski definition) is 0. The molecule has 0 bridgehead atoms. The van der Waals surface area contributed by atoms with E-state index in [1.54, 1.807) is 12.1 Å². The number of halogens is 6. The molecule has 2 aromatic rings. The van der Waals surface area contributed by atoms with Crippen LogP contribution in [-0.4, -0.2) is 80.1 Å². The number of alkyl halides is 6. The molecule has 0 atom stereocenters. The van der Waals surface area contributed by atoms with Crippen molar-refractivity contribution < 1.29 is 31.1 Å². The summed E-state index contributed by atoms with van der Waals surface area (Å²) in [5, 5.41) is 0. The smallest absolute Gasteiger partial charge is 0.369 e. The van der Waals surface area contributed by atoms with Crippen molar-refractivity contribution in [1.82, 2.24) is 9.80 Å². The normalized spacial score (nSPS) is 17.7. The third-order valence-electron chi connectivity index (χ3n) is 6.86. The quantitative estimate of drug-likeness (QED) is 0.327. The van der Waals surface area contributed by atoms with Gasteiger partial charge in [-0.2, -0.15) is 26.3 Å². The van der Waals surface area contributed by atoms with Crippen molar-refractivity contribution >= 4 is 29.0 Å². The van der Waals surface area contributed by atoms with Gasteiger partial charge in [0.15, 0.2) is 0 Å². The molecule has 38 heavy (non-hydrogen) atoms. The number of rotatable bonds is 7. The third kappa shape index (κ3) is 7.95. The molecule has 2 aromatic carbocycles. The van der Waals surface area contributed by atoms with Crippen LogP contribution in [0, 0.1) is 0 Å². The zero-order chi connectivity index (χ0) is 27.3. The molecule has 0 aliphatic carbocycles. The monoisotopic (exact) mass is 560 g/mol. The van der Waals surface area contributed by atoms with Crippen molar-refractivity contribution in [2.24, 2.45) is 0 Å². The molecule has 0 unspecified atom stereocenters. The highest BCUT2D eigenvalue weighted by Gasteiger charge is 2.31. The van der Waals surface area contributed by atoms with E-state index in [2.05, 4.69) is 14.7 Å². The standard InChI is InChI=1S/C26H30F6N4OS/c27-25(28,29)20-3-5-21(6-4-20)34-14-12-33(13-15-34)11-1-2-24(37)36-18-16-35(17-19-36)22-7-9-23(10-8-22)38-26(30,31)32/h3-10H,1-2,11-19H2. The van der Waals surface area contributed by atoms with E-state index in [-0.39, 0.29) is 22.6 Å². The van der Waals surface area contributed by atoms with Gasteiger partial charge in [-0.25, -0.2) is 0 Å². The van der Waals surface area contributed by atoms with E-state index in [1.165, 1.54) is 24.3 Å². The molecule has 0 N–H and O–H groups in total. The van der Waals surface area contributed by atoms with Gasteiger partial charge in [0.05, 0.1) is 5.56 Å². The van der Waals surface area contributed by atoms with Crippen LogP contribution in [-0.2, 0) is 11.0 Å². The number of carbonyl (C=O) groups is 1. The highest BCUT2D eigenvalue weighted by atomic mass is 32.2. The molecule has 2 saturated heterocycles. The molecule has 2 heterocycles. The zero-order valence-corrected chi connectivity index (χ0v) is 21.6. The van der Waals surface area contributed by atoms with Crippen LogP contribution in [0.4, 0.5) is 37.7 Å². The minimum Gasteiger partial charge on any atom is -0.369 e. The summed E-state index contributed by atoms with van der Waals surface area (Å²) >= 11 is -0.133. The minimum absolute atomic E-state index is 0.102. The summed E-state index contributed by atoms with van der Waals surface area (Å²) in [6.07, 6.45) is -3.16. The average Bonchev–Trinajstić information content (AvgIpc) is 2.88. The van der Waals surface area contributed by atoms with Gasteiger partial charge in [0.2, 0.25) is 5.91 Å². The first-order valence-electron chi connectivity index (χ1n) is 12.5. The first-order valence-corrected chi connectivity index (χ1v) is 13.3. The number of amides is 1. The van der Waals surface area contributed by atoms with Gasteiger partial charge in [-0.1, -0.05) is 0 Å². The summed E-state index contributed by atoms with van der Waals surface area (Å²) in [7, 11) is 0. The Kier molecular flexibility index (Phi) is 9.02. The van der Waals surface area contributed by atoms with Gasteiger partial charge in [0, 0.05) is 75.0 Å². The maximum atomic E-state index is 12.8. The molecule has 2 aliphatic heterocycles. The fourth-order valence-electron chi connectivity index (χ4n) is 4.78. The lowest BCUT2D eigenvalue weighted by atomic mass is 10.1. The van der Waals surface area contributed by atoms with E-state index in [1.807, 2.05) is 4.90 Å². The van der Waals surface area contributed by atoms with Crippen LogP contribution in [0.1, 0.15) is 18.4 Å². The van der Waals surface area contributed by atoms with Crippen molar-refractivity contribution in [3.63, 3.8) is 0 Å². The van der Waals surface area contributed by atoms with E-state index in [0.29, 0.717) is 32.6 Å². The minimum atomic E-state index is -4.34. The first-order chi connectivity index (χ1) is 18.0. The number of hydrogen-bond acceptors (Lipinski definition) is 5. The zero-order valence-electron chi connectivity index (χ0n) is 20.8. The number of piperazine rings is 2. The molecule has 2 aliphatic rings.